The van der Waals surface area contributed by atoms with E-state index in [1.165, 1.54) is 4.90 Å². The molecule has 188 valence electrons. The summed E-state index contributed by atoms with van der Waals surface area (Å²) in [4.78, 5) is 23.8. The van der Waals surface area contributed by atoms with Crippen LogP contribution in [-0.2, 0) is 25.7 Å². The van der Waals surface area contributed by atoms with Gasteiger partial charge in [-0.1, -0.05) is 54.6 Å². The van der Waals surface area contributed by atoms with Gasteiger partial charge in [0.1, 0.15) is 0 Å². The Morgan fingerprint density at radius 3 is 2.25 bits per heavy atom. The summed E-state index contributed by atoms with van der Waals surface area (Å²) in [5.74, 6) is -0.584. The molecule has 3 N–H and O–H groups in total. The lowest BCUT2D eigenvalue weighted by molar-refractivity contribution is -0.245. The Labute approximate surface area is 214 Å². The molecule has 0 saturated carbocycles. The third kappa shape index (κ3) is 7.41. The average molecular weight is 508 g/mol. The molecule has 3 aromatic rings. The van der Waals surface area contributed by atoms with Gasteiger partial charge in [-0.2, -0.15) is 0 Å². The number of carbonyl (C=O) groups excluding carboxylic acids is 1. The van der Waals surface area contributed by atoms with E-state index in [-0.39, 0.29) is 37.6 Å². The van der Waals surface area contributed by atoms with Crippen LogP contribution in [0.25, 0.3) is 0 Å². The lowest BCUT2D eigenvalue weighted by Crippen LogP contribution is -2.31. The first-order valence-corrected chi connectivity index (χ1v) is 12.8. The lowest BCUT2D eigenvalue weighted by Gasteiger charge is -2.36. The number of carbonyl (C=O) groups is 2. The zero-order chi connectivity index (χ0) is 25.3. The van der Waals surface area contributed by atoms with Crippen LogP contribution in [-0.4, -0.2) is 33.9 Å². The van der Waals surface area contributed by atoms with Crippen molar-refractivity contribution in [2.24, 2.45) is 0 Å². The molecule has 0 spiro atoms. The van der Waals surface area contributed by atoms with Crippen molar-refractivity contribution in [2.75, 3.05) is 11.1 Å². The molecule has 1 aliphatic heterocycles. The molecule has 0 unspecified atom stereocenters. The Balaban J connectivity index is 1.46. The van der Waals surface area contributed by atoms with E-state index < -0.39 is 12.3 Å². The monoisotopic (exact) mass is 507 g/mol. The van der Waals surface area contributed by atoms with Crippen LogP contribution in [0.2, 0.25) is 0 Å². The summed E-state index contributed by atoms with van der Waals surface area (Å²) in [6.07, 6.45) is -0.397. The van der Waals surface area contributed by atoms with Gasteiger partial charge in [0, 0.05) is 34.7 Å². The van der Waals surface area contributed by atoms with Crippen LogP contribution < -0.4 is 5.32 Å². The maximum absolute atomic E-state index is 11.9. The van der Waals surface area contributed by atoms with Gasteiger partial charge >= 0.3 is 5.97 Å². The van der Waals surface area contributed by atoms with Gasteiger partial charge in [-0.25, -0.2) is 0 Å². The Morgan fingerprint density at radius 1 is 0.889 bits per heavy atom. The largest absolute Gasteiger partial charge is 0.481 e. The maximum Gasteiger partial charge on any atom is 0.303 e. The number of benzene rings is 3. The number of anilines is 1. The summed E-state index contributed by atoms with van der Waals surface area (Å²) >= 11 is 1.74. The quantitative estimate of drug-likeness (QED) is 0.319. The van der Waals surface area contributed by atoms with Gasteiger partial charge in [0.2, 0.25) is 5.91 Å². The second-order valence-corrected chi connectivity index (χ2v) is 9.63. The molecule has 4 rings (SSSR count). The first-order valence-electron chi connectivity index (χ1n) is 11.8. The fraction of sp³-hybridized carbons (Fsp3) is 0.286. The van der Waals surface area contributed by atoms with Crippen LogP contribution in [0, 0.1) is 0 Å². The highest BCUT2D eigenvalue weighted by atomic mass is 32.2. The number of rotatable bonds is 10. The molecule has 7 nitrogen and oxygen atoms in total. The SMILES string of the molecule is O=C(O)CCC(=O)Nc1ccc([C@@H]2O[C@H](CSc3ccccc3)C[C@H](c3ccc(CO)cc3)O2)cc1. The van der Waals surface area contributed by atoms with Gasteiger partial charge in [0.05, 0.1) is 25.2 Å². The van der Waals surface area contributed by atoms with Crippen LogP contribution in [0.1, 0.15) is 48.3 Å². The van der Waals surface area contributed by atoms with Crippen molar-refractivity contribution in [3.05, 3.63) is 95.6 Å². The number of aliphatic hydroxyl groups excluding tert-OH is 1. The van der Waals surface area contributed by atoms with Crippen molar-refractivity contribution in [3.63, 3.8) is 0 Å². The predicted octanol–water partition coefficient (Wildman–Crippen LogP) is 5.32. The van der Waals surface area contributed by atoms with Crippen LogP contribution in [0.5, 0.6) is 0 Å². The second-order valence-electron chi connectivity index (χ2n) is 8.54. The number of thioether (sulfide) groups is 1. The second kappa shape index (κ2) is 12.7. The zero-order valence-corrected chi connectivity index (χ0v) is 20.5. The molecule has 1 aliphatic rings. The van der Waals surface area contributed by atoms with Gasteiger partial charge in [-0.05, 0) is 35.4 Å². The molecular formula is C28H29NO6S. The van der Waals surface area contributed by atoms with Gasteiger partial charge in [0.25, 0.3) is 0 Å². The van der Waals surface area contributed by atoms with E-state index in [4.69, 9.17) is 14.6 Å². The number of hydrogen-bond acceptors (Lipinski definition) is 6. The summed E-state index contributed by atoms with van der Waals surface area (Å²) in [6, 6.07) is 25.2. The number of amides is 1. The molecule has 1 saturated heterocycles. The van der Waals surface area contributed by atoms with E-state index in [0.717, 1.165) is 22.4 Å². The van der Waals surface area contributed by atoms with E-state index in [2.05, 4.69) is 17.4 Å². The molecule has 3 aromatic carbocycles. The highest BCUT2D eigenvalue weighted by molar-refractivity contribution is 7.99. The van der Waals surface area contributed by atoms with E-state index >= 15 is 0 Å². The summed E-state index contributed by atoms with van der Waals surface area (Å²) in [7, 11) is 0. The number of carboxylic acids is 1. The van der Waals surface area contributed by atoms with E-state index in [1.54, 1.807) is 23.9 Å². The normalized spacial score (nSPS) is 19.5. The Bertz CT molecular complexity index is 1140. The fourth-order valence-electron chi connectivity index (χ4n) is 3.90. The summed E-state index contributed by atoms with van der Waals surface area (Å²) < 4.78 is 12.7. The van der Waals surface area contributed by atoms with Crippen molar-refractivity contribution >= 4 is 29.3 Å². The van der Waals surface area contributed by atoms with Crippen LogP contribution >= 0.6 is 11.8 Å². The van der Waals surface area contributed by atoms with Gasteiger partial charge in [-0.3, -0.25) is 9.59 Å². The molecular weight excluding hydrogens is 478 g/mol. The average Bonchev–Trinajstić information content (AvgIpc) is 2.91. The molecule has 1 amide bonds. The smallest absolute Gasteiger partial charge is 0.303 e. The number of aliphatic hydroxyl groups is 1. The standard InChI is InChI=1S/C28H29NO6S/c30-17-19-6-8-20(9-7-19)25-16-23(18-36-24-4-2-1-3-5-24)34-28(35-25)21-10-12-22(13-11-21)29-26(31)14-15-27(32)33/h1-13,23,25,28,30H,14-18H2,(H,29,31)(H,32,33)/t23-,25+,28+/m0/s1. The molecule has 0 radical (unpaired) electrons. The van der Waals surface area contributed by atoms with Gasteiger partial charge in [0.15, 0.2) is 6.29 Å². The van der Waals surface area contributed by atoms with Crippen molar-refractivity contribution in [1.29, 1.82) is 0 Å². The number of aliphatic carboxylic acids is 1. The van der Waals surface area contributed by atoms with Crippen LogP contribution in [0.4, 0.5) is 5.69 Å². The topological polar surface area (TPSA) is 105 Å². The Morgan fingerprint density at radius 2 is 1.58 bits per heavy atom. The fourth-order valence-corrected chi connectivity index (χ4v) is 4.84. The minimum Gasteiger partial charge on any atom is -0.481 e. The highest BCUT2D eigenvalue weighted by Crippen LogP contribution is 2.39. The predicted molar refractivity (Wildman–Crippen MR) is 138 cm³/mol. The number of hydrogen-bond donors (Lipinski definition) is 3. The molecule has 0 aliphatic carbocycles. The van der Waals surface area contributed by atoms with Crippen molar-refractivity contribution in [1.82, 2.24) is 0 Å². The molecule has 0 bridgehead atoms. The third-order valence-electron chi connectivity index (χ3n) is 5.83. The number of carboxylic acid groups (broad SMARTS) is 1. The number of ether oxygens (including phenoxy) is 2. The van der Waals surface area contributed by atoms with Crippen molar-refractivity contribution in [2.45, 2.75) is 49.3 Å². The molecule has 1 heterocycles. The molecule has 36 heavy (non-hydrogen) atoms. The highest BCUT2D eigenvalue weighted by Gasteiger charge is 2.32. The first-order chi connectivity index (χ1) is 17.5. The molecule has 8 heteroatoms. The summed E-state index contributed by atoms with van der Waals surface area (Å²) in [5, 5.41) is 20.8. The first kappa shape index (κ1) is 25.9. The van der Waals surface area contributed by atoms with E-state index in [0.29, 0.717) is 12.1 Å². The van der Waals surface area contributed by atoms with E-state index in [9.17, 15) is 14.7 Å². The van der Waals surface area contributed by atoms with Gasteiger partial charge < -0.3 is 25.0 Å². The number of nitrogens with one attached hydrogen (secondary N) is 1. The minimum atomic E-state index is -1.01. The van der Waals surface area contributed by atoms with Gasteiger partial charge in [-0.15, -0.1) is 11.8 Å². The third-order valence-corrected chi connectivity index (χ3v) is 6.97. The Hall–Kier alpha value is -3.17. The van der Waals surface area contributed by atoms with Crippen molar-refractivity contribution < 1.29 is 29.3 Å². The summed E-state index contributed by atoms with van der Waals surface area (Å²) in [5.41, 5.74) is 3.28. The maximum atomic E-state index is 11.9. The Kier molecular flexibility index (Phi) is 9.13. The van der Waals surface area contributed by atoms with E-state index in [1.807, 2.05) is 54.6 Å². The van der Waals surface area contributed by atoms with Crippen LogP contribution in [0.3, 0.4) is 0 Å². The molecule has 0 aromatic heterocycles. The lowest BCUT2D eigenvalue weighted by atomic mass is 10.0. The minimum absolute atomic E-state index is 0.00687. The van der Waals surface area contributed by atoms with Crippen molar-refractivity contribution in [3.8, 4) is 0 Å². The van der Waals surface area contributed by atoms with Crippen LogP contribution in [0.15, 0.2) is 83.8 Å². The molecule has 1 fully saturated rings. The zero-order valence-electron chi connectivity index (χ0n) is 19.7. The molecule has 3 atom stereocenters. The summed E-state index contributed by atoms with van der Waals surface area (Å²) in [6.45, 7) is -0.00687.